The van der Waals surface area contributed by atoms with Gasteiger partial charge < -0.3 is 19.1 Å². The Morgan fingerprint density at radius 2 is 2.25 bits per heavy atom. The number of ether oxygens (including phenoxy) is 2. The SMILES string of the molecule is CC[Si](O)(O)CCOCC1CO1. The minimum atomic E-state index is -2.89. The number of rotatable bonds is 6. The van der Waals surface area contributed by atoms with Crippen LogP contribution in [0.3, 0.4) is 0 Å². The molecule has 1 aliphatic heterocycles. The molecule has 0 aliphatic carbocycles. The third-order valence-corrected chi connectivity index (χ3v) is 4.06. The zero-order valence-electron chi connectivity index (χ0n) is 7.32. The first-order chi connectivity index (χ1) is 5.64. The molecule has 12 heavy (non-hydrogen) atoms. The molecule has 0 radical (unpaired) electrons. The van der Waals surface area contributed by atoms with E-state index in [0.29, 0.717) is 25.3 Å². The fraction of sp³-hybridized carbons (Fsp3) is 1.00. The molecule has 72 valence electrons. The van der Waals surface area contributed by atoms with Crippen LogP contribution in [0.2, 0.25) is 12.1 Å². The molecule has 1 unspecified atom stereocenters. The Morgan fingerprint density at radius 1 is 1.58 bits per heavy atom. The predicted molar refractivity (Wildman–Crippen MR) is 46.0 cm³/mol. The fourth-order valence-electron chi connectivity index (χ4n) is 0.791. The minimum Gasteiger partial charge on any atom is -0.411 e. The van der Waals surface area contributed by atoms with E-state index in [1.54, 1.807) is 6.92 Å². The van der Waals surface area contributed by atoms with Gasteiger partial charge in [-0.1, -0.05) is 6.92 Å². The van der Waals surface area contributed by atoms with Gasteiger partial charge in [-0.2, -0.15) is 0 Å². The highest BCUT2D eigenvalue weighted by Gasteiger charge is 2.27. The maximum atomic E-state index is 9.29. The summed E-state index contributed by atoms with van der Waals surface area (Å²) in [6, 6.07) is 0.868. The standard InChI is InChI=1S/C7H16O4Si/c1-2-12(8,9)4-3-10-5-7-6-11-7/h7-9H,2-6H2,1H3. The molecule has 0 aromatic heterocycles. The third-order valence-electron chi connectivity index (χ3n) is 1.92. The van der Waals surface area contributed by atoms with Gasteiger partial charge in [0.25, 0.3) is 0 Å². The zero-order chi connectivity index (χ0) is 9.03. The second kappa shape index (κ2) is 4.34. The van der Waals surface area contributed by atoms with Crippen LogP contribution in [0.5, 0.6) is 0 Å². The molecule has 1 heterocycles. The highest BCUT2D eigenvalue weighted by Crippen LogP contribution is 2.11. The highest BCUT2D eigenvalue weighted by molar-refractivity contribution is 6.64. The Labute approximate surface area is 73.4 Å². The Bertz CT molecular complexity index is 135. The van der Waals surface area contributed by atoms with Crippen molar-refractivity contribution in [3.05, 3.63) is 0 Å². The smallest absolute Gasteiger partial charge is 0.334 e. The molecule has 0 aromatic rings. The first-order valence-electron chi connectivity index (χ1n) is 4.28. The molecule has 0 spiro atoms. The van der Waals surface area contributed by atoms with Crippen molar-refractivity contribution in [1.82, 2.24) is 0 Å². The predicted octanol–water partition coefficient (Wildman–Crippen LogP) is -0.152. The van der Waals surface area contributed by atoms with Crippen LogP contribution in [0.25, 0.3) is 0 Å². The zero-order valence-corrected chi connectivity index (χ0v) is 8.32. The Hall–Kier alpha value is 0.0569. The molecule has 0 bridgehead atoms. The van der Waals surface area contributed by atoms with Gasteiger partial charge in [-0.05, 0) is 6.04 Å². The van der Waals surface area contributed by atoms with Crippen LogP contribution in [0.4, 0.5) is 0 Å². The van der Waals surface area contributed by atoms with E-state index < -0.39 is 8.56 Å². The van der Waals surface area contributed by atoms with Crippen molar-refractivity contribution in [3.8, 4) is 0 Å². The summed E-state index contributed by atoms with van der Waals surface area (Å²) in [6.45, 7) is 3.60. The van der Waals surface area contributed by atoms with Crippen molar-refractivity contribution in [2.75, 3.05) is 19.8 Å². The molecule has 0 saturated carbocycles. The van der Waals surface area contributed by atoms with Crippen LogP contribution in [-0.2, 0) is 9.47 Å². The van der Waals surface area contributed by atoms with Gasteiger partial charge in [0.1, 0.15) is 6.10 Å². The van der Waals surface area contributed by atoms with Crippen molar-refractivity contribution in [2.24, 2.45) is 0 Å². The molecule has 4 nitrogen and oxygen atoms in total. The van der Waals surface area contributed by atoms with E-state index in [-0.39, 0.29) is 6.10 Å². The molecule has 1 fully saturated rings. The summed E-state index contributed by atoms with van der Waals surface area (Å²) in [7, 11) is -2.89. The monoisotopic (exact) mass is 192 g/mol. The quantitative estimate of drug-likeness (QED) is 0.349. The summed E-state index contributed by atoms with van der Waals surface area (Å²) in [6.07, 6.45) is 0.264. The molecule has 5 heteroatoms. The van der Waals surface area contributed by atoms with Gasteiger partial charge in [-0.3, -0.25) is 0 Å². The number of hydrogen-bond donors (Lipinski definition) is 2. The minimum absolute atomic E-state index is 0.264. The fourth-order valence-corrected chi connectivity index (χ4v) is 1.62. The Kier molecular flexibility index (Phi) is 3.67. The van der Waals surface area contributed by atoms with Crippen LogP contribution in [-0.4, -0.2) is 44.1 Å². The summed E-state index contributed by atoms with van der Waals surface area (Å²) in [5.74, 6) is 0. The summed E-state index contributed by atoms with van der Waals surface area (Å²) in [5.41, 5.74) is 0. The third kappa shape index (κ3) is 4.17. The normalized spacial score (nSPS) is 22.8. The second-order valence-corrected chi connectivity index (χ2v) is 6.29. The van der Waals surface area contributed by atoms with E-state index in [9.17, 15) is 9.59 Å². The van der Waals surface area contributed by atoms with Crippen LogP contribution in [0.15, 0.2) is 0 Å². The lowest BCUT2D eigenvalue weighted by Crippen LogP contribution is -2.34. The van der Waals surface area contributed by atoms with Crippen LogP contribution < -0.4 is 0 Å². The maximum absolute atomic E-state index is 9.29. The summed E-state index contributed by atoms with van der Waals surface area (Å²) in [5, 5.41) is 0. The lowest BCUT2D eigenvalue weighted by atomic mass is 10.5. The van der Waals surface area contributed by atoms with E-state index in [2.05, 4.69) is 0 Å². The first-order valence-corrected chi connectivity index (χ1v) is 6.59. The van der Waals surface area contributed by atoms with E-state index in [1.165, 1.54) is 0 Å². The number of hydrogen-bond acceptors (Lipinski definition) is 4. The molecular formula is C7H16O4Si. The van der Waals surface area contributed by atoms with Crippen molar-refractivity contribution in [1.29, 1.82) is 0 Å². The van der Waals surface area contributed by atoms with Gasteiger partial charge in [-0.25, -0.2) is 0 Å². The molecular weight excluding hydrogens is 176 g/mol. The van der Waals surface area contributed by atoms with Crippen molar-refractivity contribution in [3.63, 3.8) is 0 Å². The summed E-state index contributed by atoms with van der Waals surface area (Å²) < 4.78 is 10.1. The van der Waals surface area contributed by atoms with Crippen molar-refractivity contribution in [2.45, 2.75) is 25.1 Å². The molecule has 2 N–H and O–H groups in total. The summed E-state index contributed by atoms with van der Waals surface area (Å²) >= 11 is 0. The molecule has 1 rings (SSSR count). The van der Waals surface area contributed by atoms with Crippen molar-refractivity contribution >= 4 is 8.56 Å². The highest BCUT2D eigenvalue weighted by atomic mass is 28.4. The van der Waals surface area contributed by atoms with E-state index in [4.69, 9.17) is 9.47 Å². The van der Waals surface area contributed by atoms with Gasteiger partial charge in [0, 0.05) is 12.7 Å². The van der Waals surface area contributed by atoms with Crippen LogP contribution in [0.1, 0.15) is 6.92 Å². The maximum Gasteiger partial charge on any atom is 0.334 e. The average Bonchev–Trinajstić information content (AvgIpc) is 2.82. The second-order valence-electron chi connectivity index (χ2n) is 3.12. The lowest BCUT2D eigenvalue weighted by molar-refractivity contribution is 0.122. The van der Waals surface area contributed by atoms with Gasteiger partial charge in [0.15, 0.2) is 0 Å². The summed E-state index contributed by atoms with van der Waals surface area (Å²) in [4.78, 5) is 18.6. The van der Waals surface area contributed by atoms with Gasteiger partial charge in [0.2, 0.25) is 0 Å². The van der Waals surface area contributed by atoms with Gasteiger partial charge in [0.05, 0.1) is 13.2 Å². The van der Waals surface area contributed by atoms with E-state index in [0.717, 1.165) is 6.61 Å². The van der Waals surface area contributed by atoms with Gasteiger partial charge >= 0.3 is 8.56 Å². The van der Waals surface area contributed by atoms with Gasteiger partial charge in [-0.15, -0.1) is 0 Å². The van der Waals surface area contributed by atoms with Crippen LogP contribution in [0, 0.1) is 0 Å². The molecule has 0 amide bonds. The van der Waals surface area contributed by atoms with E-state index in [1.807, 2.05) is 0 Å². The largest absolute Gasteiger partial charge is 0.411 e. The average molecular weight is 192 g/mol. The van der Waals surface area contributed by atoms with E-state index >= 15 is 0 Å². The Morgan fingerprint density at radius 3 is 2.75 bits per heavy atom. The topological polar surface area (TPSA) is 62.2 Å². The lowest BCUT2D eigenvalue weighted by Gasteiger charge is -2.14. The Balaban J connectivity index is 1.92. The molecule has 1 aliphatic rings. The van der Waals surface area contributed by atoms with Crippen molar-refractivity contribution < 1.29 is 19.1 Å². The van der Waals surface area contributed by atoms with Crippen LogP contribution >= 0.6 is 0 Å². The number of epoxide rings is 1. The molecule has 1 saturated heterocycles. The first kappa shape index (κ1) is 10.1. The molecule has 0 aromatic carbocycles. The molecule has 1 atom stereocenters.